The van der Waals surface area contributed by atoms with Crippen LogP contribution in [0.4, 0.5) is 0 Å². The summed E-state index contributed by atoms with van der Waals surface area (Å²) < 4.78 is 0. The van der Waals surface area contributed by atoms with Crippen molar-refractivity contribution in [1.29, 1.82) is 0 Å². The topological polar surface area (TPSA) is 60.9 Å². The van der Waals surface area contributed by atoms with Crippen LogP contribution in [0.1, 0.15) is 12.8 Å². The Morgan fingerprint density at radius 3 is 2.64 bits per heavy atom. The van der Waals surface area contributed by atoms with E-state index in [1.54, 1.807) is 0 Å². The van der Waals surface area contributed by atoms with Gasteiger partial charge in [-0.2, -0.15) is 0 Å². The van der Waals surface area contributed by atoms with E-state index in [-0.39, 0.29) is 18.5 Å². The first-order valence-corrected chi connectivity index (χ1v) is 4.69. The Morgan fingerprint density at radius 1 is 1.57 bits per heavy atom. The second-order valence-electron chi connectivity index (χ2n) is 3.73. The molecule has 1 atom stereocenters. The largest absolute Gasteiger partial charge is 0.480 e. The predicted molar refractivity (Wildman–Crippen MR) is 50.9 cm³/mol. The molecule has 0 saturated carbocycles. The minimum atomic E-state index is -0.971. The molecule has 1 aliphatic rings. The average Bonchev–Trinajstić information content (AvgIpc) is 2.48. The molecule has 1 unspecified atom stereocenters. The van der Waals surface area contributed by atoms with Gasteiger partial charge in [-0.25, -0.2) is 0 Å². The highest BCUT2D eigenvalue weighted by Gasteiger charge is 2.30. The van der Waals surface area contributed by atoms with Crippen molar-refractivity contribution in [2.45, 2.75) is 18.9 Å². The predicted octanol–water partition coefficient (Wildman–Crippen LogP) is -0.376. The zero-order valence-electron chi connectivity index (χ0n) is 8.56. The zero-order chi connectivity index (χ0) is 10.7. The molecule has 0 spiro atoms. The third-order valence-electron chi connectivity index (χ3n) is 2.55. The Bertz CT molecular complexity index is 242. The number of carbonyl (C=O) groups is 2. The Morgan fingerprint density at radius 2 is 2.21 bits per heavy atom. The van der Waals surface area contributed by atoms with Crippen LogP contribution in [0.5, 0.6) is 0 Å². The summed E-state index contributed by atoms with van der Waals surface area (Å²) in [7, 11) is 3.42. The van der Waals surface area contributed by atoms with Gasteiger partial charge in [0.05, 0.1) is 6.04 Å². The molecule has 0 aromatic rings. The van der Waals surface area contributed by atoms with E-state index >= 15 is 0 Å². The van der Waals surface area contributed by atoms with Crippen molar-refractivity contribution in [3.63, 3.8) is 0 Å². The maximum atomic E-state index is 11.7. The lowest BCUT2D eigenvalue weighted by Crippen LogP contribution is -2.44. The van der Waals surface area contributed by atoms with E-state index in [0.29, 0.717) is 0 Å². The zero-order valence-corrected chi connectivity index (χ0v) is 8.56. The molecule has 1 fully saturated rings. The van der Waals surface area contributed by atoms with E-state index in [1.807, 2.05) is 11.9 Å². The van der Waals surface area contributed by atoms with E-state index in [2.05, 4.69) is 0 Å². The van der Waals surface area contributed by atoms with Crippen molar-refractivity contribution in [3.8, 4) is 0 Å². The van der Waals surface area contributed by atoms with Crippen LogP contribution in [0, 0.1) is 0 Å². The van der Waals surface area contributed by atoms with Crippen LogP contribution in [0.3, 0.4) is 0 Å². The van der Waals surface area contributed by atoms with Crippen molar-refractivity contribution in [3.05, 3.63) is 0 Å². The highest BCUT2D eigenvalue weighted by Crippen LogP contribution is 2.16. The monoisotopic (exact) mass is 200 g/mol. The molecule has 80 valence electrons. The molecule has 5 nitrogen and oxygen atoms in total. The lowest BCUT2D eigenvalue weighted by atomic mass is 10.2. The van der Waals surface area contributed by atoms with Gasteiger partial charge < -0.3 is 10.0 Å². The number of carbonyl (C=O) groups excluding carboxylic acids is 1. The quantitative estimate of drug-likeness (QED) is 0.675. The summed E-state index contributed by atoms with van der Waals surface area (Å²) in [4.78, 5) is 25.4. The number of carboxylic acid groups (broad SMARTS) is 1. The number of nitrogens with zero attached hydrogens (tertiary/aromatic N) is 2. The lowest BCUT2D eigenvalue weighted by molar-refractivity contribution is -0.145. The first-order chi connectivity index (χ1) is 6.52. The Hall–Kier alpha value is -1.10. The van der Waals surface area contributed by atoms with Crippen LogP contribution in [0.15, 0.2) is 0 Å². The summed E-state index contributed by atoms with van der Waals surface area (Å²) in [6.07, 6.45) is 1.84. The molecule has 0 aliphatic carbocycles. The number of likely N-dealkylation sites (N-methyl/N-ethyl adjacent to an activating group) is 2. The van der Waals surface area contributed by atoms with Gasteiger partial charge in [0.1, 0.15) is 6.54 Å². The number of amides is 1. The summed E-state index contributed by atoms with van der Waals surface area (Å²) in [6, 6.07) is -0.126. The highest BCUT2D eigenvalue weighted by molar-refractivity contribution is 5.85. The summed E-state index contributed by atoms with van der Waals surface area (Å²) in [6.45, 7) is 0.695. The first kappa shape index (κ1) is 11.0. The third kappa shape index (κ3) is 2.45. The van der Waals surface area contributed by atoms with Gasteiger partial charge in [-0.15, -0.1) is 0 Å². The second kappa shape index (κ2) is 4.41. The summed E-state index contributed by atoms with van der Waals surface area (Å²) in [5, 5.41) is 8.53. The van der Waals surface area contributed by atoms with Gasteiger partial charge in [0.15, 0.2) is 0 Å². The summed E-state index contributed by atoms with van der Waals surface area (Å²) in [5.74, 6) is -1.06. The van der Waals surface area contributed by atoms with Crippen LogP contribution in [0.2, 0.25) is 0 Å². The standard InChI is InChI=1S/C9H16N2O3/c1-10-5-3-4-7(10)9(14)11(2)6-8(12)13/h7H,3-6H2,1-2H3,(H,12,13). The van der Waals surface area contributed by atoms with Gasteiger partial charge in [-0.05, 0) is 26.4 Å². The molecular weight excluding hydrogens is 184 g/mol. The van der Waals surface area contributed by atoms with Gasteiger partial charge in [-0.1, -0.05) is 0 Å². The molecule has 0 bridgehead atoms. The van der Waals surface area contributed by atoms with Gasteiger partial charge in [0, 0.05) is 7.05 Å². The van der Waals surface area contributed by atoms with Gasteiger partial charge in [-0.3, -0.25) is 14.5 Å². The minimum Gasteiger partial charge on any atom is -0.480 e. The van der Waals surface area contributed by atoms with Crippen molar-refractivity contribution < 1.29 is 14.7 Å². The van der Waals surface area contributed by atoms with Crippen LogP contribution >= 0.6 is 0 Å². The van der Waals surface area contributed by atoms with E-state index < -0.39 is 5.97 Å². The number of carboxylic acids is 1. The van der Waals surface area contributed by atoms with Crippen LogP contribution < -0.4 is 0 Å². The van der Waals surface area contributed by atoms with E-state index in [1.165, 1.54) is 11.9 Å². The fourth-order valence-electron chi connectivity index (χ4n) is 1.76. The van der Waals surface area contributed by atoms with E-state index in [0.717, 1.165) is 19.4 Å². The minimum absolute atomic E-state index is 0.0904. The van der Waals surface area contributed by atoms with Crippen molar-refractivity contribution in [2.75, 3.05) is 27.2 Å². The molecule has 1 N–H and O–H groups in total. The van der Waals surface area contributed by atoms with Gasteiger partial charge in [0.25, 0.3) is 0 Å². The molecule has 1 amide bonds. The molecular formula is C9H16N2O3. The summed E-state index contributed by atoms with van der Waals surface area (Å²) >= 11 is 0. The van der Waals surface area contributed by atoms with Crippen LogP contribution in [-0.4, -0.2) is 60.0 Å². The fraction of sp³-hybridized carbons (Fsp3) is 0.778. The van der Waals surface area contributed by atoms with Crippen LogP contribution in [0.25, 0.3) is 0 Å². The van der Waals surface area contributed by atoms with Gasteiger partial charge >= 0.3 is 5.97 Å². The number of hydrogen-bond acceptors (Lipinski definition) is 3. The molecule has 1 rings (SSSR count). The van der Waals surface area contributed by atoms with Crippen molar-refractivity contribution in [1.82, 2.24) is 9.80 Å². The maximum absolute atomic E-state index is 11.7. The molecule has 14 heavy (non-hydrogen) atoms. The molecule has 0 aromatic heterocycles. The number of hydrogen-bond donors (Lipinski definition) is 1. The molecule has 1 aliphatic heterocycles. The first-order valence-electron chi connectivity index (χ1n) is 4.69. The molecule has 5 heteroatoms. The van der Waals surface area contributed by atoms with Gasteiger partial charge in [0.2, 0.25) is 5.91 Å². The number of likely N-dealkylation sites (tertiary alicyclic amines) is 1. The van der Waals surface area contributed by atoms with E-state index in [4.69, 9.17) is 5.11 Å². The molecule has 0 aromatic carbocycles. The number of aliphatic carboxylic acids is 1. The Kier molecular flexibility index (Phi) is 3.46. The van der Waals surface area contributed by atoms with Crippen molar-refractivity contribution in [2.24, 2.45) is 0 Å². The fourth-order valence-corrected chi connectivity index (χ4v) is 1.76. The Balaban J connectivity index is 2.51. The van der Waals surface area contributed by atoms with E-state index in [9.17, 15) is 9.59 Å². The summed E-state index contributed by atoms with van der Waals surface area (Å²) in [5.41, 5.74) is 0. The smallest absolute Gasteiger partial charge is 0.323 e. The number of rotatable bonds is 3. The molecule has 1 heterocycles. The SMILES string of the molecule is CN(CC(=O)O)C(=O)C1CCCN1C. The highest BCUT2D eigenvalue weighted by atomic mass is 16.4. The molecule has 1 saturated heterocycles. The third-order valence-corrected chi connectivity index (χ3v) is 2.55. The second-order valence-corrected chi connectivity index (χ2v) is 3.73. The lowest BCUT2D eigenvalue weighted by Gasteiger charge is -2.23. The Labute approximate surface area is 83.3 Å². The van der Waals surface area contributed by atoms with Crippen LogP contribution in [-0.2, 0) is 9.59 Å². The maximum Gasteiger partial charge on any atom is 0.323 e. The molecule has 0 radical (unpaired) electrons. The normalized spacial score (nSPS) is 22.3. The average molecular weight is 200 g/mol. The van der Waals surface area contributed by atoms with Crippen molar-refractivity contribution >= 4 is 11.9 Å².